The van der Waals surface area contributed by atoms with Crippen LogP contribution in [-0.4, -0.2) is 27.4 Å². The first kappa shape index (κ1) is 19.1. The highest BCUT2D eigenvalue weighted by Crippen LogP contribution is 2.34. The van der Waals surface area contributed by atoms with E-state index in [1.807, 2.05) is 24.3 Å². The van der Waals surface area contributed by atoms with Gasteiger partial charge in [0.2, 0.25) is 10.0 Å². The smallest absolute Gasteiger partial charge is 0.262 e. The molecule has 0 aliphatic carbocycles. The summed E-state index contributed by atoms with van der Waals surface area (Å²) in [6.45, 7) is 0.173. The van der Waals surface area contributed by atoms with Gasteiger partial charge in [-0.3, -0.25) is 4.79 Å². The van der Waals surface area contributed by atoms with E-state index in [4.69, 9.17) is 23.2 Å². The summed E-state index contributed by atoms with van der Waals surface area (Å²) in [5, 5.41) is 4.23. The maximum absolute atomic E-state index is 12.3. The number of carbonyl (C=O) groups is 1. The first-order chi connectivity index (χ1) is 12.4. The van der Waals surface area contributed by atoms with Gasteiger partial charge in [-0.25, -0.2) is 13.1 Å². The standard InChI is InChI=1S/C17H14Cl2N2O3S2/c18-11-4-3-5-12(10-11)26(23,24)21-9-8-20-17(22)16-15(19)13-6-1-2-7-14(13)25-16/h1-7,10,21H,8-9H2,(H,20,22). The minimum absolute atomic E-state index is 0.0447. The van der Waals surface area contributed by atoms with Crippen LogP contribution in [-0.2, 0) is 10.0 Å². The van der Waals surface area contributed by atoms with Gasteiger partial charge in [-0.2, -0.15) is 0 Å². The summed E-state index contributed by atoms with van der Waals surface area (Å²) in [6.07, 6.45) is 0. The molecule has 136 valence electrons. The predicted molar refractivity (Wildman–Crippen MR) is 106 cm³/mol. The van der Waals surface area contributed by atoms with Gasteiger partial charge in [-0.1, -0.05) is 47.5 Å². The summed E-state index contributed by atoms with van der Waals surface area (Å²) in [4.78, 5) is 12.8. The molecule has 0 atom stereocenters. The van der Waals surface area contributed by atoms with Gasteiger partial charge in [-0.15, -0.1) is 11.3 Å². The number of fused-ring (bicyclic) bond motifs is 1. The number of hydrogen-bond donors (Lipinski definition) is 2. The number of halogens is 2. The van der Waals surface area contributed by atoms with E-state index >= 15 is 0 Å². The topological polar surface area (TPSA) is 75.3 Å². The van der Waals surface area contributed by atoms with E-state index in [0.717, 1.165) is 10.1 Å². The van der Waals surface area contributed by atoms with Gasteiger partial charge in [0.25, 0.3) is 5.91 Å². The van der Waals surface area contributed by atoms with Crippen LogP contribution in [0.4, 0.5) is 0 Å². The van der Waals surface area contributed by atoms with Crippen molar-refractivity contribution in [3.05, 3.63) is 63.5 Å². The maximum Gasteiger partial charge on any atom is 0.262 e. The molecule has 1 aromatic heterocycles. The van der Waals surface area contributed by atoms with E-state index in [2.05, 4.69) is 10.0 Å². The summed E-state index contributed by atoms with van der Waals surface area (Å²) in [5.74, 6) is -0.335. The molecule has 0 aliphatic heterocycles. The molecule has 5 nitrogen and oxygen atoms in total. The van der Waals surface area contributed by atoms with Gasteiger partial charge in [0, 0.05) is 28.2 Å². The zero-order valence-electron chi connectivity index (χ0n) is 13.3. The van der Waals surface area contributed by atoms with E-state index in [1.165, 1.54) is 23.5 Å². The number of benzene rings is 2. The minimum Gasteiger partial charge on any atom is -0.350 e. The molecule has 0 bridgehead atoms. The predicted octanol–water partition coefficient (Wildman–Crippen LogP) is 3.92. The Hall–Kier alpha value is -1.64. The first-order valence-electron chi connectivity index (χ1n) is 7.59. The van der Waals surface area contributed by atoms with Crippen LogP contribution >= 0.6 is 34.5 Å². The van der Waals surface area contributed by atoms with Crippen molar-refractivity contribution in [2.24, 2.45) is 0 Å². The van der Waals surface area contributed by atoms with Crippen LogP contribution in [0.1, 0.15) is 9.67 Å². The Morgan fingerprint density at radius 2 is 1.81 bits per heavy atom. The third-order valence-corrected chi connectivity index (χ3v) is 6.92. The maximum atomic E-state index is 12.3. The lowest BCUT2D eigenvalue weighted by Gasteiger charge is -2.08. The Bertz CT molecular complexity index is 1060. The molecule has 9 heteroatoms. The quantitative estimate of drug-likeness (QED) is 0.584. The van der Waals surface area contributed by atoms with Crippen LogP contribution in [0.15, 0.2) is 53.4 Å². The Labute approximate surface area is 165 Å². The number of carbonyl (C=O) groups excluding carboxylic acids is 1. The van der Waals surface area contributed by atoms with Crippen LogP contribution in [0.5, 0.6) is 0 Å². The zero-order valence-corrected chi connectivity index (χ0v) is 16.5. The van der Waals surface area contributed by atoms with Crippen LogP contribution in [0, 0.1) is 0 Å². The lowest BCUT2D eigenvalue weighted by Crippen LogP contribution is -2.34. The molecule has 0 radical (unpaired) electrons. The monoisotopic (exact) mass is 428 g/mol. The van der Waals surface area contributed by atoms with Gasteiger partial charge < -0.3 is 5.32 Å². The Morgan fingerprint density at radius 3 is 2.54 bits per heavy atom. The fourth-order valence-electron chi connectivity index (χ4n) is 2.32. The van der Waals surface area contributed by atoms with E-state index < -0.39 is 10.0 Å². The molecule has 0 unspecified atom stereocenters. The fourth-order valence-corrected chi connectivity index (χ4v) is 5.08. The average molecular weight is 429 g/mol. The highest BCUT2D eigenvalue weighted by molar-refractivity contribution is 7.89. The summed E-state index contributed by atoms with van der Waals surface area (Å²) in [5.41, 5.74) is 0. The summed E-state index contributed by atoms with van der Waals surface area (Å²) >= 11 is 13.4. The van der Waals surface area contributed by atoms with E-state index in [1.54, 1.807) is 12.1 Å². The fraction of sp³-hybridized carbons (Fsp3) is 0.118. The molecule has 0 spiro atoms. The van der Waals surface area contributed by atoms with Crippen molar-refractivity contribution in [2.75, 3.05) is 13.1 Å². The number of rotatable bonds is 6. The SMILES string of the molecule is O=C(NCCNS(=O)(=O)c1cccc(Cl)c1)c1sc2ccccc2c1Cl. The van der Waals surface area contributed by atoms with Crippen molar-refractivity contribution in [1.29, 1.82) is 0 Å². The zero-order chi connectivity index (χ0) is 18.7. The number of thiophene rings is 1. The highest BCUT2D eigenvalue weighted by atomic mass is 35.5. The van der Waals surface area contributed by atoms with Crippen LogP contribution in [0.2, 0.25) is 10.0 Å². The summed E-state index contributed by atoms with van der Waals surface area (Å²) < 4.78 is 27.7. The molecule has 1 amide bonds. The molecular formula is C17H14Cl2N2O3S2. The Kier molecular flexibility index (Phi) is 5.84. The molecule has 0 saturated carbocycles. The Balaban J connectivity index is 1.59. The Morgan fingerprint density at radius 1 is 1.04 bits per heavy atom. The van der Waals surface area contributed by atoms with Gasteiger partial charge in [0.05, 0.1) is 9.92 Å². The minimum atomic E-state index is -3.68. The number of sulfonamides is 1. The van der Waals surface area contributed by atoms with Crippen molar-refractivity contribution in [2.45, 2.75) is 4.90 Å². The molecule has 0 fully saturated rings. The van der Waals surface area contributed by atoms with Gasteiger partial charge in [0.1, 0.15) is 4.88 Å². The second-order valence-corrected chi connectivity index (χ2v) is 8.99. The molecule has 0 saturated heterocycles. The molecule has 0 aliphatic rings. The van der Waals surface area contributed by atoms with Crippen molar-refractivity contribution < 1.29 is 13.2 Å². The molecule has 3 aromatic rings. The molecule has 2 N–H and O–H groups in total. The largest absolute Gasteiger partial charge is 0.350 e. The first-order valence-corrected chi connectivity index (χ1v) is 10.6. The van der Waals surface area contributed by atoms with Crippen LogP contribution in [0.25, 0.3) is 10.1 Å². The van der Waals surface area contributed by atoms with Gasteiger partial charge in [-0.05, 0) is 24.3 Å². The number of hydrogen-bond acceptors (Lipinski definition) is 4. The average Bonchev–Trinajstić information content (AvgIpc) is 2.96. The lowest BCUT2D eigenvalue weighted by molar-refractivity contribution is 0.0958. The van der Waals surface area contributed by atoms with Crippen molar-refractivity contribution >= 4 is 60.6 Å². The molecule has 3 rings (SSSR count). The number of amides is 1. The van der Waals surface area contributed by atoms with Crippen LogP contribution < -0.4 is 10.0 Å². The van der Waals surface area contributed by atoms with Crippen molar-refractivity contribution in [3.63, 3.8) is 0 Å². The van der Waals surface area contributed by atoms with E-state index in [9.17, 15) is 13.2 Å². The van der Waals surface area contributed by atoms with Crippen molar-refractivity contribution in [1.82, 2.24) is 10.0 Å². The van der Waals surface area contributed by atoms with Gasteiger partial charge in [0.15, 0.2) is 0 Å². The van der Waals surface area contributed by atoms with E-state index in [0.29, 0.717) is 14.9 Å². The van der Waals surface area contributed by atoms with E-state index in [-0.39, 0.29) is 23.9 Å². The molecular weight excluding hydrogens is 415 g/mol. The highest BCUT2D eigenvalue weighted by Gasteiger charge is 2.17. The van der Waals surface area contributed by atoms with Crippen LogP contribution in [0.3, 0.4) is 0 Å². The normalized spacial score (nSPS) is 11.6. The third-order valence-electron chi connectivity index (χ3n) is 3.55. The summed E-state index contributed by atoms with van der Waals surface area (Å²) in [6, 6.07) is 13.4. The third kappa shape index (κ3) is 4.19. The summed E-state index contributed by atoms with van der Waals surface area (Å²) in [7, 11) is -3.68. The second-order valence-electron chi connectivity index (χ2n) is 5.35. The molecule has 26 heavy (non-hydrogen) atoms. The molecule has 1 heterocycles. The lowest BCUT2D eigenvalue weighted by atomic mass is 10.2. The van der Waals surface area contributed by atoms with Crippen molar-refractivity contribution in [3.8, 4) is 0 Å². The van der Waals surface area contributed by atoms with Gasteiger partial charge >= 0.3 is 0 Å². The second kappa shape index (κ2) is 7.94. The molecule has 2 aromatic carbocycles. The number of nitrogens with one attached hydrogen (secondary N) is 2.